The number of benzene rings is 2. The molecule has 2 aromatic rings. The van der Waals surface area contributed by atoms with Crippen molar-refractivity contribution < 1.29 is 41.3 Å². The molecule has 0 heterocycles. The number of aliphatic hydroxyl groups is 2. The highest BCUT2D eigenvalue weighted by molar-refractivity contribution is 7.99. The summed E-state index contributed by atoms with van der Waals surface area (Å²) in [7, 11) is 0. The van der Waals surface area contributed by atoms with E-state index >= 15 is 0 Å². The molecule has 33 heavy (non-hydrogen) atoms. The summed E-state index contributed by atoms with van der Waals surface area (Å²) in [5.41, 5.74) is 4.89. The maximum Gasteiger partial charge on any atom is 0.573 e. The predicted molar refractivity (Wildman–Crippen MR) is 113 cm³/mol. The largest absolute Gasteiger partial charge is 0.573 e. The number of hydrogen-bond donors (Lipinski definition) is 3. The molecule has 0 bridgehead atoms. The van der Waals surface area contributed by atoms with E-state index in [9.17, 15) is 36.6 Å². The van der Waals surface area contributed by atoms with Gasteiger partial charge in [0.15, 0.2) is 0 Å². The molecule has 2 rings (SSSR count). The van der Waals surface area contributed by atoms with E-state index in [1.807, 2.05) is 0 Å². The second-order valence-electron chi connectivity index (χ2n) is 7.65. The first-order valence-corrected chi connectivity index (χ1v) is 11.0. The lowest BCUT2D eigenvalue weighted by atomic mass is 9.93. The number of ether oxygens (including phenoxy) is 1. The van der Waals surface area contributed by atoms with Gasteiger partial charge in [-0.3, -0.25) is 0 Å². The van der Waals surface area contributed by atoms with Gasteiger partial charge in [-0.1, -0.05) is 18.2 Å². The molecule has 0 amide bonds. The quantitative estimate of drug-likeness (QED) is 0.233. The molecule has 0 saturated carbocycles. The van der Waals surface area contributed by atoms with Crippen molar-refractivity contribution in [3.8, 4) is 5.75 Å². The Kier molecular flexibility index (Phi) is 9.48. The Morgan fingerprint density at radius 2 is 1.45 bits per heavy atom. The molecule has 0 aliphatic rings. The van der Waals surface area contributed by atoms with Gasteiger partial charge < -0.3 is 20.7 Å². The van der Waals surface area contributed by atoms with Gasteiger partial charge in [-0.25, -0.2) is 0 Å². The first kappa shape index (κ1) is 27.3. The van der Waals surface area contributed by atoms with E-state index in [0.29, 0.717) is 24.2 Å². The zero-order chi connectivity index (χ0) is 24.7. The third kappa shape index (κ3) is 9.07. The van der Waals surface area contributed by atoms with Crippen LogP contribution in [-0.4, -0.2) is 41.1 Å². The summed E-state index contributed by atoms with van der Waals surface area (Å²) in [5.74, 6) is 0.0462. The molecule has 0 radical (unpaired) electrons. The van der Waals surface area contributed by atoms with Gasteiger partial charge >= 0.3 is 12.5 Å². The summed E-state index contributed by atoms with van der Waals surface area (Å²) in [5, 5.41) is 18.5. The molecule has 0 atom stereocenters. The number of hydrogen-bond acceptors (Lipinski definition) is 5. The lowest BCUT2D eigenvalue weighted by Crippen LogP contribution is -2.47. The third-order valence-corrected chi connectivity index (χ3v) is 6.07. The summed E-state index contributed by atoms with van der Waals surface area (Å²) in [6.45, 7) is -0.969. The van der Waals surface area contributed by atoms with Crippen molar-refractivity contribution in [1.82, 2.24) is 0 Å². The van der Waals surface area contributed by atoms with Crippen molar-refractivity contribution in [2.45, 2.75) is 48.7 Å². The first-order chi connectivity index (χ1) is 15.3. The topological polar surface area (TPSA) is 75.7 Å². The highest BCUT2D eigenvalue weighted by Crippen LogP contribution is 2.38. The summed E-state index contributed by atoms with van der Waals surface area (Å²) in [4.78, 5) is 0.0727. The number of nitrogens with two attached hydrogens (primary N) is 1. The fourth-order valence-electron chi connectivity index (χ4n) is 3.00. The summed E-state index contributed by atoms with van der Waals surface area (Å²) < 4.78 is 81.0. The van der Waals surface area contributed by atoms with Crippen LogP contribution in [0.15, 0.2) is 47.4 Å². The lowest BCUT2D eigenvalue weighted by molar-refractivity contribution is -0.274. The lowest BCUT2D eigenvalue weighted by Gasteiger charge is -2.24. The zero-order valence-electron chi connectivity index (χ0n) is 17.5. The summed E-state index contributed by atoms with van der Waals surface area (Å²) >= 11 is 1.05. The van der Waals surface area contributed by atoms with Crippen molar-refractivity contribution in [3.63, 3.8) is 0 Å². The van der Waals surface area contributed by atoms with Crippen LogP contribution in [0.3, 0.4) is 0 Å². The van der Waals surface area contributed by atoms with Gasteiger partial charge in [-0.15, -0.1) is 24.9 Å². The molecule has 0 aromatic heterocycles. The molecular weight excluding hydrogens is 472 g/mol. The molecular formula is C22H25F6NO3S. The second-order valence-corrected chi connectivity index (χ2v) is 8.79. The number of halogens is 6. The molecule has 0 spiro atoms. The molecule has 0 aliphatic carbocycles. The van der Waals surface area contributed by atoms with Gasteiger partial charge in [0.2, 0.25) is 0 Å². The van der Waals surface area contributed by atoms with Crippen LogP contribution in [0.2, 0.25) is 0 Å². The van der Waals surface area contributed by atoms with Gasteiger partial charge in [-0.2, -0.15) is 13.2 Å². The van der Waals surface area contributed by atoms with E-state index in [2.05, 4.69) is 4.74 Å². The molecule has 0 unspecified atom stereocenters. The number of aliphatic hydroxyl groups excluding tert-OH is 2. The van der Waals surface area contributed by atoms with Crippen molar-refractivity contribution in [2.75, 3.05) is 19.0 Å². The summed E-state index contributed by atoms with van der Waals surface area (Å²) in [6.07, 6.45) is -8.03. The van der Waals surface area contributed by atoms with Gasteiger partial charge in [0.25, 0.3) is 0 Å². The Morgan fingerprint density at radius 3 is 2.00 bits per heavy atom. The SMILES string of the molecule is NC(CO)(CO)CCc1ccc(SCCCc2ccc(OC(F)(F)F)cc2)c(C(F)(F)F)c1. The highest BCUT2D eigenvalue weighted by Gasteiger charge is 2.34. The first-order valence-electron chi connectivity index (χ1n) is 10.0. The molecule has 4 nitrogen and oxygen atoms in total. The normalized spacial score (nSPS) is 12.8. The highest BCUT2D eigenvalue weighted by atomic mass is 32.2. The van der Waals surface area contributed by atoms with E-state index in [1.54, 1.807) is 6.07 Å². The van der Waals surface area contributed by atoms with Gasteiger partial charge in [0.1, 0.15) is 5.75 Å². The van der Waals surface area contributed by atoms with Gasteiger partial charge in [-0.05, 0) is 66.8 Å². The molecule has 0 fully saturated rings. The molecule has 0 saturated heterocycles. The number of rotatable bonds is 11. The number of aryl methyl sites for hydroxylation is 2. The van der Waals surface area contributed by atoms with Crippen molar-refractivity contribution >= 4 is 11.8 Å². The Labute approximate surface area is 191 Å². The summed E-state index contributed by atoms with van der Waals surface area (Å²) in [6, 6.07) is 9.36. The van der Waals surface area contributed by atoms with Crippen LogP contribution >= 0.6 is 11.8 Å². The standard InChI is InChI=1S/C22H25F6NO3S/c23-21(24,25)18-12-16(9-10-20(29,13-30)14-31)5-8-19(18)33-11-1-2-15-3-6-17(7-4-15)32-22(26,27)28/h3-8,12,30-31H,1-2,9-11,13-14,29H2. The fraction of sp³-hybridized carbons (Fsp3) is 0.455. The second kappa shape index (κ2) is 11.5. The minimum Gasteiger partial charge on any atom is -0.406 e. The Morgan fingerprint density at radius 1 is 0.848 bits per heavy atom. The number of alkyl halides is 6. The van der Waals surface area contributed by atoms with Crippen LogP contribution in [0.5, 0.6) is 5.75 Å². The van der Waals surface area contributed by atoms with Crippen LogP contribution in [0.1, 0.15) is 29.5 Å². The van der Waals surface area contributed by atoms with E-state index in [0.717, 1.165) is 23.4 Å². The minimum absolute atomic E-state index is 0.0727. The zero-order valence-corrected chi connectivity index (χ0v) is 18.4. The van der Waals surface area contributed by atoms with Crippen LogP contribution in [0.4, 0.5) is 26.3 Å². The molecule has 11 heteroatoms. The van der Waals surface area contributed by atoms with Crippen LogP contribution in [0.25, 0.3) is 0 Å². The Balaban J connectivity index is 1.95. The molecule has 0 aliphatic heterocycles. The van der Waals surface area contributed by atoms with E-state index < -0.39 is 36.9 Å². The Bertz CT molecular complexity index is 883. The fourth-order valence-corrected chi connectivity index (χ4v) is 4.00. The molecule has 184 valence electrons. The van der Waals surface area contributed by atoms with E-state index in [4.69, 9.17) is 5.73 Å². The van der Waals surface area contributed by atoms with Gasteiger partial charge in [0, 0.05) is 4.90 Å². The average Bonchev–Trinajstić information content (AvgIpc) is 2.75. The monoisotopic (exact) mass is 497 g/mol. The van der Waals surface area contributed by atoms with Crippen molar-refractivity contribution in [2.24, 2.45) is 5.73 Å². The van der Waals surface area contributed by atoms with Crippen molar-refractivity contribution in [1.29, 1.82) is 0 Å². The van der Waals surface area contributed by atoms with Crippen LogP contribution in [0, 0.1) is 0 Å². The molecule has 4 N–H and O–H groups in total. The van der Waals surface area contributed by atoms with Crippen molar-refractivity contribution in [3.05, 3.63) is 59.2 Å². The van der Waals surface area contributed by atoms with Crippen LogP contribution in [-0.2, 0) is 19.0 Å². The third-order valence-electron chi connectivity index (χ3n) is 4.92. The van der Waals surface area contributed by atoms with E-state index in [-0.39, 0.29) is 23.5 Å². The molecule has 2 aromatic carbocycles. The average molecular weight is 498 g/mol. The van der Waals surface area contributed by atoms with Crippen LogP contribution < -0.4 is 10.5 Å². The maximum absolute atomic E-state index is 13.6. The number of thioether (sulfide) groups is 1. The Hall–Kier alpha value is -1.95. The predicted octanol–water partition coefficient (Wildman–Crippen LogP) is 4.94. The van der Waals surface area contributed by atoms with Gasteiger partial charge in [0.05, 0.1) is 24.3 Å². The smallest absolute Gasteiger partial charge is 0.406 e. The minimum atomic E-state index is -4.77. The maximum atomic E-state index is 13.6. The van der Waals surface area contributed by atoms with E-state index in [1.165, 1.54) is 30.3 Å².